The van der Waals surface area contributed by atoms with Gasteiger partial charge in [0.15, 0.2) is 0 Å². The van der Waals surface area contributed by atoms with Crippen molar-refractivity contribution >= 4 is 110 Å². The molecule has 0 aliphatic heterocycles. The first kappa shape index (κ1) is 39.4. The van der Waals surface area contributed by atoms with E-state index in [0.717, 1.165) is 8.95 Å². The van der Waals surface area contributed by atoms with Gasteiger partial charge in [0.2, 0.25) is 8.11 Å². The maximum absolute atomic E-state index is 6.47. The van der Waals surface area contributed by atoms with Gasteiger partial charge < -0.3 is 0 Å². The van der Waals surface area contributed by atoms with Crippen LogP contribution < -0.4 is 41.5 Å². The van der Waals surface area contributed by atoms with Gasteiger partial charge >= 0.3 is 0 Å². The molecule has 0 saturated heterocycles. The Bertz CT molecular complexity index is 1990. The van der Waals surface area contributed by atoms with E-state index in [1.807, 2.05) is 60.7 Å². The minimum absolute atomic E-state index is 0. The number of rotatable bonds is 8. The van der Waals surface area contributed by atoms with Crippen LogP contribution in [-0.2, 0) is 0 Å². The van der Waals surface area contributed by atoms with E-state index in [-0.39, 0.29) is 1.43 Å². The number of benzene rings is 8. The van der Waals surface area contributed by atoms with Crippen LogP contribution in [0, 0.1) is 0 Å². The predicted octanol–water partition coefficient (Wildman–Crippen LogP) is 7.40. The summed E-state index contributed by atoms with van der Waals surface area (Å²) in [7, 11) is -4.43. The van der Waals surface area contributed by atoms with Gasteiger partial charge in [-0.25, -0.2) is 0 Å². The summed E-state index contributed by atoms with van der Waals surface area (Å²) in [5.41, 5.74) is 0. The monoisotopic (exact) mass is 896 g/mol. The van der Waals surface area contributed by atoms with Gasteiger partial charge in [0.05, 0.1) is 0 Å². The summed E-state index contributed by atoms with van der Waals surface area (Å²) in [4.78, 5) is 0. The van der Waals surface area contributed by atoms with Crippen molar-refractivity contribution in [3.8, 4) is 0 Å². The summed E-state index contributed by atoms with van der Waals surface area (Å²) < 4.78 is 2.22. The van der Waals surface area contributed by atoms with Gasteiger partial charge in [-0.15, -0.1) is 0 Å². The molecule has 0 N–H and O–H groups in total. The van der Waals surface area contributed by atoms with Gasteiger partial charge in [0.25, 0.3) is 0 Å². The number of hydrogen-bond donors (Lipinski definition) is 0. The van der Waals surface area contributed by atoms with Crippen LogP contribution in [0.15, 0.2) is 239 Å². The molecular weight excluding hydrogens is 856 g/mol. The lowest BCUT2D eigenvalue weighted by atomic mass is 10.3. The average Bonchev–Trinajstić information content (AvgIpc) is 3.25. The van der Waals surface area contributed by atoms with Crippen molar-refractivity contribution in [3.05, 3.63) is 239 Å². The normalized spacial score (nSPS) is 10.6. The molecule has 0 atom stereocenters. The molecule has 268 valence electrons. The van der Waals surface area contributed by atoms with Crippen LogP contribution in [-0.4, -0.2) is 25.7 Å². The molecule has 0 fully saturated rings. The van der Waals surface area contributed by atoms with Gasteiger partial charge in [-0.1, -0.05) is 269 Å². The topological polar surface area (TPSA) is 0 Å². The molecule has 0 aromatic heterocycles. The Morgan fingerprint density at radius 2 is 0.444 bits per heavy atom. The largest absolute Gasteiger partial charge is 0.201 e. The molecule has 0 spiro atoms. The standard InChI is InChI=1S/C30H26Si2.C12H11ClSi.C6H4Br2.H2/c1-5-13-25(14-6-1)31(26-15-7-2-8-16-26)29-21-23-30(24-22-29)32(27-17-9-3-10-18-27)28-19-11-4-12-20-28;13-14(11-7-3-1-4-8-11)12-9-5-2-6-10-12;7-5-1-2-6(8)4-3-5;/h1-24,31-32H;1-10,14H;1-4H;1H. The van der Waals surface area contributed by atoms with Crippen LogP contribution >= 0.6 is 42.9 Å². The Morgan fingerprint density at radius 3 is 0.667 bits per heavy atom. The molecule has 0 unspecified atom stereocenters. The van der Waals surface area contributed by atoms with Crippen molar-refractivity contribution in [2.24, 2.45) is 0 Å². The molecule has 0 amide bonds. The molecule has 8 rings (SSSR count). The third-order valence-electron chi connectivity index (χ3n) is 9.12. The van der Waals surface area contributed by atoms with Crippen molar-refractivity contribution in [1.29, 1.82) is 0 Å². The van der Waals surface area contributed by atoms with Crippen molar-refractivity contribution in [1.82, 2.24) is 0 Å². The lowest BCUT2D eigenvalue weighted by molar-refractivity contribution is 1.61. The van der Waals surface area contributed by atoms with Crippen molar-refractivity contribution in [2.45, 2.75) is 0 Å². The van der Waals surface area contributed by atoms with E-state index < -0.39 is 25.7 Å². The van der Waals surface area contributed by atoms with Gasteiger partial charge in [0, 0.05) is 10.4 Å². The third-order valence-corrected chi connectivity index (χ3v) is 19.9. The molecular formula is C48H43Br2ClSi3. The van der Waals surface area contributed by atoms with Crippen LogP contribution in [0.2, 0.25) is 0 Å². The smallest absolute Gasteiger partial charge is 0.159 e. The van der Waals surface area contributed by atoms with Crippen LogP contribution in [0.25, 0.3) is 0 Å². The summed E-state index contributed by atoms with van der Waals surface area (Å²) in [6.07, 6.45) is 0. The first-order valence-corrected chi connectivity index (χ1v) is 26.0. The molecule has 0 aliphatic carbocycles. The van der Waals surface area contributed by atoms with E-state index >= 15 is 0 Å². The highest BCUT2D eigenvalue weighted by Gasteiger charge is 2.22. The number of halogens is 3. The first-order valence-electron chi connectivity index (χ1n) is 18.0. The van der Waals surface area contributed by atoms with Crippen LogP contribution in [0.5, 0.6) is 0 Å². The second-order valence-corrected chi connectivity index (χ2v) is 23.7. The van der Waals surface area contributed by atoms with Crippen molar-refractivity contribution in [2.75, 3.05) is 0 Å². The SMILES string of the molecule is Brc1ccc(Br)cc1.Cl[SiH](c1ccccc1)c1ccccc1.[HH].c1ccc([SiH](c2ccccc2)c2ccc([SiH](c3ccccc3)c3ccccc3)cc2)cc1. The minimum atomic E-state index is -1.49. The predicted molar refractivity (Wildman–Crippen MR) is 253 cm³/mol. The fraction of sp³-hybridized carbons (Fsp3) is 0. The Balaban J connectivity index is 0.000000207. The lowest BCUT2D eigenvalue weighted by Crippen LogP contribution is -2.54. The van der Waals surface area contributed by atoms with Crippen LogP contribution in [0.1, 0.15) is 1.43 Å². The summed E-state index contributed by atoms with van der Waals surface area (Å²) in [6.45, 7) is 0. The van der Waals surface area contributed by atoms with Gasteiger partial charge in [-0.2, -0.15) is 11.1 Å². The highest BCUT2D eigenvalue weighted by Crippen LogP contribution is 2.14. The van der Waals surface area contributed by atoms with E-state index in [2.05, 4.69) is 202 Å². The van der Waals surface area contributed by atoms with Crippen molar-refractivity contribution in [3.63, 3.8) is 0 Å². The Labute approximate surface area is 348 Å². The molecule has 0 saturated carbocycles. The van der Waals surface area contributed by atoms with E-state index in [0.29, 0.717) is 0 Å². The summed E-state index contributed by atoms with van der Waals surface area (Å²) in [5, 5.41) is 11.4. The maximum Gasteiger partial charge on any atom is 0.201 e. The molecule has 0 heterocycles. The molecule has 6 heteroatoms. The molecule has 8 aromatic rings. The zero-order valence-electron chi connectivity index (χ0n) is 29.8. The molecule has 0 bridgehead atoms. The maximum atomic E-state index is 6.47. The Hall–Kier alpha value is -4.34. The fourth-order valence-electron chi connectivity index (χ4n) is 6.48. The Morgan fingerprint density at radius 1 is 0.259 bits per heavy atom. The minimum Gasteiger partial charge on any atom is -0.159 e. The summed E-state index contributed by atoms with van der Waals surface area (Å²) >= 11 is 13.1. The highest BCUT2D eigenvalue weighted by atomic mass is 79.9. The summed E-state index contributed by atoms with van der Waals surface area (Å²) in [5.74, 6) is 0. The van der Waals surface area contributed by atoms with Crippen LogP contribution in [0.3, 0.4) is 0 Å². The molecule has 0 aliphatic rings. The zero-order valence-corrected chi connectivity index (χ0v) is 37.2. The quantitative estimate of drug-likeness (QED) is 0.0849. The zero-order chi connectivity index (χ0) is 37.4. The van der Waals surface area contributed by atoms with E-state index in [1.165, 1.54) is 41.5 Å². The second kappa shape index (κ2) is 20.9. The fourth-order valence-corrected chi connectivity index (χ4v) is 15.3. The van der Waals surface area contributed by atoms with E-state index in [9.17, 15) is 0 Å². The van der Waals surface area contributed by atoms with E-state index in [4.69, 9.17) is 11.1 Å². The van der Waals surface area contributed by atoms with Gasteiger partial charge in [0.1, 0.15) is 17.6 Å². The van der Waals surface area contributed by atoms with E-state index in [1.54, 1.807) is 0 Å². The Kier molecular flexibility index (Phi) is 15.3. The third kappa shape index (κ3) is 11.3. The molecule has 54 heavy (non-hydrogen) atoms. The molecule has 0 nitrogen and oxygen atoms in total. The van der Waals surface area contributed by atoms with Gasteiger partial charge in [-0.05, 0) is 34.6 Å². The lowest BCUT2D eigenvalue weighted by Gasteiger charge is -2.20. The second-order valence-electron chi connectivity index (χ2n) is 12.8. The van der Waals surface area contributed by atoms with Crippen molar-refractivity contribution < 1.29 is 1.43 Å². The summed E-state index contributed by atoms with van der Waals surface area (Å²) in [6, 6.07) is 82.3. The molecule has 8 aromatic carbocycles. The average molecular weight is 899 g/mol. The number of hydrogen-bond acceptors (Lipinski definition) is 0. The molecule has 0 radical (unpaired) electrons. The first-order chi connectivity index (χ1) is 26.6. The van der Waals surface area contributed by atoms with Gasteiger partial charge in [-0.3, -0.25) is 0 Å². The highest BCUT2D eigenvalue weighted by molar-refractivity contribution is 9.11. The van der Waals surface area contributed by atoms with Crippen LogP contribution in [0.4, 0.5) is 0 Å².